The summed E-state index contributed by atoms with van der Waals surface area (Å²) in [7, 11) is 0. The molecule has 1 heterocycles. The molecule has 0 unspecified atom stereocenters. The third-order valence-corrected chi connectivity index (χ3v) is 4.15. The molecular formula is C19H38N2O3. The molecule has 0 saturated carbocycles. The molecule has 142 valence electrons. The largest absolute Gasteiger partial charge is 0.444 e. The van der Waals surface area contributed by atoms with Crippen LogP contribution in [0, 0.1) is 0 Å². The second-order valence-electron chi connectivity index (χ2n) is 7.70. The first-order chi connectivity index (χ1) is 11.4. The Balaban J connectivity index is 1.99. The smallest absolute Gasteiger partial charge is 0.410 e. The maximum absolute atomic E-state index is 12.0. The number of carbonyl (C=O) groups is 1. The second-order valence-corrected chi connectivity index (χ2v) is 7.70. The number of amides is 1. The van der Waals surface area contributed by atoms with Crippen LogP contribution in [0.4, 0.5) is 4.79 Å². The summed E-state index contributed by atoms with van der Waals surface area (Å²) in [5.41, 5.74) is -0.423. The Hall–Kier alpha value is -0.810. The molecule has 1 aliphatic rings. The van der Waals surface area contributed by atoms with Gasteiger partial charge in [-0.3, -0.25) is 0 Å². The minimum Gasteiger partial charge on any atom is -0.444 e. The molecule has 0 atom stereocenters. The summed E-state index contributed by atoms with van der Waals surface area (Å²) in [5, 5.41) is 3.48. The predicted octanol–water partition coefficient (Wildman–Crippen LogP) is 3.96. The fourth-order valence-electron chi connectivity index (χ4n) is 2.78. The standard InChI is InChI=1S/C19H38N2O3/c1-5-6-7-8-12-20-13-9-16-23-17-10-14-21(15-11-17)18(22)24-19(2,3)4/h17,20H,5-16H2,1-4H3. The topological polar surface area (TPSA) is 50.8 Å². The van der Waals surface area contributed by atoms with Crippen LogP contribution < -0.4 is 5.32 Å². The van der Waals surface area contributed by atoms with Crippen LogP contribution in [0.25, 0.3) is 0 Å². The molecule has 5 heteroatoms. The van der Waals surface area contributed by atoms with Crippen molar-refractivity contribution < 1.29 is 14.3 Å². The molecule has 24 heavy (non-hydrogen) atoms. The quantitative estimate of drug-likeness (QED) is 0.611. The zero-order valence-electron chi connectivity index (χ0n) is 16.2. The van der Waals surface area contributed by atoms with Crippen molar-refractivity contribution >= 4 is 6.09 Å². The molecule has 0 aromatic rings. The van der Waals surface area contributed by atoms with E-state index in [9.17, 15) is 4.79 Å². The van der Waals surface area contributed by atoms with Gasteiger partial charge in [0.15, 0.2) is 0 Å². The van der Waals surface area contributed by atoms with Crippen LogP contribution in [-0.4, -0.2) is 55.5 Å². The number of unbranched alkanes of at least 4 members (excludes halogenated alkanes) is 3. The van der Waals surface area contributed by atoms with Crippen molar-refractivity contribution in [2.75, 3.05) is 32.8 Å². The lowest BCUT2D eigenvalue weighted by molar-refractivity contribution is -0.0117. The summed E-state index contributed by atoms with van der Waals surface area (Å²) < 4.78 is 11.3. The van der Waals surface area contributed by atoms with Crippen molar-refractivity contribution in [3.8, 4) is 0 Å². The van der Waals surface area contributed by atoms with E-state index in [-0.39, 0.29) is 12.2 Å². The molecule has 0 bridgehead atoms. The third kappa shape index (κ3) is 10.1. The van der Waals surface area contributed by atoms with Crippen LogP contribution in [0.3, 0.4) is 0 Å². The maximum atomic E-state index is 12.0. The molecule has 1 saturated heterocycles. The van der Waals surface area contributed by atoms with E-state index >= 15 is 0 Å². The van der Waals surface area contributed by atoms with Crippen LogP contribution in [0.15, 0.2) is 0 Å². The van der Waals surface area contributed by atoms with Crippen LogP contribution in [0.1, 0.15) is 72.6 Å². The zero-order chi connectivity index (χ0) is 17.8. The first-order valence-electron chi connectivity index (χ1n) is 9.72. The summed E-state index contributed by atoms with van der Waals surface area (Å²) in [5.74, 6) is 0. The van der Waals surface area contributed by atoms with E-state index in [1.165, 1.54) is 25.7 Å². The lowest BCUT2D eigenvalue weighted by atomic mass is 10.1. The van der Waals surface area contributed by atoms with Crippen molar-refractivity contribution in [1.29, 1.82) is 0 Å². The lowest BCUT2D eigenvalue weighted by Crippen LogP contribution is -2.43. The monoisotopic (exact) mass is 342 g/mol. The van der Waals surface area contributed by atoms with Crippen molar-refractivity contribution in [3.05, 3.63) is 0 Å². The first-order valence-corrected chi connectivity index (χ1v) is 9.72. The number of hydrogen-bond donors (Lipinski definition) is 1. The van der Waals surface area contributed by atoms with Gasteiger partial charge >= 0.3 is 6.09 Å². The van der Waals surface area contributed by atoms with E-state index in [2.05, 4.69) is 12.2 Å². The number of hydrogen-bond acceptors (Lipinski definition) is 4. The van der Waals surface area contributed by atoms with Gasteiger partial charge in [0.1, 0.15) is 5.60 Å². The second kappa shape index (κ2) is 11.7. The van der Waals surface area contributed by atoms with Crippen molar-refractivity contribution in [1.82, 2.24) is 10.2 Å². The van der Waals surface area contributed by atoms with Gasteiger partial charge in [0.2, 0.25) is 0 Å². The third-order valence-electron chi connectivity index (χ3n) is 4.15. The summed E-state index contributed by atoms with van der Waals surface area (Å²) >= 11 is 0. The van der Waals surface area contributed by atoms with Crippen LogP contribution >= 0.6 is 0 Å². The van der Waals surface area contributed by atoms with Gasteiger partial charge in [0.25, 0.3) is 0 Å². The minimum atomic E-state index is -0.423. The van der Waals surface area contributed by atoms with E-state index in [4.69, 9.17) is 9.47 Å². The molecule has 1 fully saturated rings. The molecule has 0 aromatic heterocycles. The Morgan fingerprint density at radius 3 is 2.38 bits per heavy atom. The molecule has 1 rings (SSSR count). The Morgan fingerprint density at radius 1 is 1.08 bits per heavy atom. The van der Waals surface area contributed by atoms with Crippen LogP contribution in [-0.2, 0) is 9.47 Å². The number of ether oxygens (including phenoxy) is 2. The molecule has 0 aliphatic carbocycles. The molecule has 5 nitrogen and oxygen atoms in total. The van der Waals surface area contributed by atoms with E-state index in [1.807, 2.05) is 20.8 Å². The number of likely N-dealkylation sites (tertiary alicyclic amines) is 1. The van der Waals surface area contributed by atoms with Gasteiger partial charge in [-0.1, -0.05) is 26.2 Å². The number of carbonyl (C=O) groups excluding carboxylic acids is 1. The normalized spacial score (nSPS) is 16.4. The maximum Gasteiger partial charge on any atom is 0.410 e. The average molecular weight is 343 g/mol. The van der Waals surface area contributed by atoms with Crippen LogP contribution in [0.5, 0.6) is 0 Å². The highest BCUT2D eigenvalue weighted by Gasteiger charge is 2.26. The Kier molecular flexibility index (Phi) is 10.3. The van der Waals surface area contributed by atoms with Gasteiger partial charge in [-0.2, -0.15) is 0 Å². The van der Waals surface area contributed by atoms with E-state index < -0.39 is 5.60 Å². The molecule has 0 radical (unpaired) electrons. The molecule has 1 amide bonds. The average Bonchev–Trinajstić information content (AvgIpc) is 2.52. The Labute approximate surface area is 148 Å². The molecule has 1 N–H and O–H groups in total. The van der Waals surface area contributed by atoms with Gasteiger partial charge in [-0.15, -0.1) is 0 Å². The predicted molar refractivity (Wildman–Crippen MR) is 98.4 cm³/mol. The summed E-state index contributed by atoms with van der Waals surface area (Å²) in [6.07, 6.45) is 8.19. The number of rotatable bonds is 10. The lowest BCUT2D eigenvalue weighted by Gasteiger charge is -2.33. The van der Waals surface area contributed by atoms with Gasteiger partial charge in [-0.25, -0.2) is 4.79 Å². The molecule has 0 spiro atoms. The zero-order valence-corrected chi connectivity index (χ0v) is 16.2. The van der Waals surface area contributed by atoms with Crippen LogP contribution in [0.2, 0.25) is 0 Å². The number of piperidine rings is 1. The van der Waals surface area contributed by atoms with E-state index in [0.29, 0.717) is 0 Å². The van der Waals surface area contributed by atoms with Crippen molar-refractivity contribution in [2.24, 2.45) is 0 Å². The summed E-state index contributed by atoms with van der Waals surface area (Å²) in [6.45, 7) is 12.4. The van der Waals surface area contributed by atoms with Gasteiger partial charge in [-0.05, 0) is 59.5 Å². The fraction of sp³-hybridized carbons (Fsp3) is 0.947. The van der Waals surface area contributed by atoms with Crippen molar-refractivity contribution in [3.63, 3.8) is 0 Å². The summed E-state index contributed by atoms with van der Waals surface area (Å²) in [6, 6.07) is 0. The highest BCUT2D eigenvalue weighted by atomic mass is 16.6. The van der Waals surface area contributed by atoms with E-state index in [0.717, 1.165) is 52.0 Å². The highest BCUT2D eigenvalue weighted by molar-refractivity contribution is 5.68. The van der Waals surface area contributed by atoms with E-state index in [1.54, 1.807) is 4.90 Å². The first kappa shape index (κ1) is 21.2. The molecule has 0 aromatic carbocycles. The molecule has 1 aliphatic heterocycles. The van der Waals surface area contributed by atoms with Gasteiger partial charge in [0.05, 0.1) is 6.10 Å². The Morgan fingerprint density at radius 2 is 1.75 bits per heavy atom. The molecular weight excluding hydrogens is 304 g/mol. The highest BCUT2D eigenvalue weighted by Crippen LogP contribution is 2.17. The fourth-order valence-corrected chi connectivity index (χ4v) is 2.78. The minimum absolute atomic E-state index is 0.201. The number of nitrogens with zero attached hydrogens (tertiary/aromatic N) is 1. The number of nitrogens with one attached hydrogen (secondary N) is 1. The SMILES string of the molecule is CCCCCCNCCCOC1CCN(C(=O)OC(C)(C)C)CC1. The van der Waals surface area contributed by atoms with Gasteiger partial charge in [0, 0.05) is 19.7 Å². The Bertz CT molecular complexity index is 334. The van der Waals surface area contributed by atoms with Gasteiger partial charge < -0.3 is 19.7 Å². The summed E-state index contributed by atoms with van der Waals surface area (Å²) in [4.78, 5) is 13.8. The van der Waals surface area contributed by atoms with Crippen molar-refractivity contribution in [2.45, 2.75) is 84.3 Å².